The highest BCUT2D eigenvalue weighted by molar-refractivity contribution is 7.90. The number of hydrogen-bond donors (Lipinski definition) is 2. The van der Waals surface area contributed by atoms with Crippen molar-refractivity contribution in [1.29, 1.82) is 0 Å². The molecule has 0 aromatic rings. The molecule has 0 aliphatic rings. The fourth-order valence-corrected chi connectivity index (χ4v) is 2.13. The van der Waals surface area contributed by atoms with Crippen LogP contribution >= 0.6 is 0 Å². The molecule has 5 nitrogen and oxygen atoms in total. The predicted molar refractivity (Wildman–Crippen MR) is 66.4 cm³/mol. The Morgan fingerprint density at radius 2 is 2.06 bits per heavy atom. The predicted octanol–water partition coefficient (Wildman–Crippen LogP) is -0.677. The van der Waals surface area contributed by atoms with E-state index < -0.39 is 9.84 Å². The lowest BCUT2D eigenvalue weighted by molar-refractivity contribution is 0.234. The number of nitrogens with one attached hydrogen (secondary N) is 1. The zero-order chi connectivity index (χ0) is 12.6. The first-order valence-electron chi connectivity index (χ1n) is 5.59. The molecule has 1 unspecified atom stereocenters. The summed E-state index contributed by atoms with van der Waals surface area (Å²) in [6, 6.07) is 0.222. The lowest BCUT2D eigenvalue weighted by Gasteiger charge is -2.23. The Bertz CT molecular complexity index is 261. The molecule has 0 saturated carbocycles. The van der Waals surface area contributed by atoms with Gasteiger partial charge in [0.25, 0.3) is 0 Å². The second-order valence-electron chi connectivity index (χ2n) is 4.16. The maximum Gasteiger partial charge on any atom is 0.148 e. The Hall–Kier alpha value is -0.170. The normalized spacial score (nSPS) is 14.3. The Kier molecular flexibility index (Phi) is 7.91. The third-order valence-electron chi connectivity index (χ3n) is 2.35. The largest absolute Gasteiger partial charge is 0.396 e. The lowest BCUT2D eigenvalue weighted by atomic mass is 10.2. The molecular weight excluding hydrogens is 228 g/mol. The first-order chi connectivity index (χ1) is 7.39. The summed E-state index contributed by atoms with van der Waals surface area (Å²) < 4.78 is 22.0. The van der Waals surface area contributed by atoms with Gasteiger partial charge < -0.3 is 15.3 Å². The summed E-state index contributed by atoms with van der Waals surface area (Å²) >= 11 is 0. The smallest absolute Gasteiger partial charge is 0.148 e. The SMILES string of the molecule is CCNC(CCO)CN(C)CCS(C)(=O)=O. The highest BCUT2D eigenvalue weighted by Crippen LogP contribution is 1.96. The van der Waals surface area contributed by atoms with Crippen molar-refractivity contribution in [2.75, 3.05) is 45.3 Å². The van der Waals surface area contributed by atoms with Crippen molar-refractivity contribution in [3.63, 3.8) is 0 Å². The van der Waals surface area contributed by atoms with Crippen molar-refractivity contribution >= 4 is 9.84 Å². The molecule has 98 valence electrons. The van der Waals surface area contributed by atoms with Crippen molar-refractivity contribution in [2.45, 2.75) is 19.4 Å². The van der Waals surface area contributed by atoms with E-state index in [1.807, 2.05) is 18.9 Å². The van der Waals surface area contributed by atoms with Gasteiger partial charge in [-0.3, -0.25) is 0 Å². The summed E-state index contributed by atoms with van der Waals surface area (Å²) in [5, 5.41) is 12.1. The van der Waals surface area contributed by atoms with Gasteiger partial charge in [-0.05, 0) is 20.0 Å². The van der Waals surface area contributed by atoms with Crippen LogP contribution in [0.15, 0.2) is 0 Å². The van der Waals surface area contributed by atoms with Crippen molar-refractivity contribution in [1.82, 2.24) is 10.2 Å². The molecule has 2 N–H and O–H groups in total. The van der Waals surface area contributed by atoms with Crippen LogP contribution in [0.4, 0.5) is 0 Å². The molecule has 0 saturated heterocycles. The summed E-state index contributed by atoms with van der Waals surface area (Å²) in [4.78, 5) is 1.98. The fourth-order valence-electron chi connectivity index (χ4n) is 1.49. The van der Waals surface area contributed by atoms with E-state index in [4.69, 9.17) is 5.11 Å². The van der Waals surface area contributed by atoms with Crippen LogP contribution in [0, 0.1) is 0 Å². The fraction of sp³-hybridized carbons (Fsp3) is 1.00. The maximum atomic E-state index is 11.0. The topological polar surface area (TPSA) is 69.6 Å². The molecular formula is C10H24N2O3S. The van der Waals surface area contributed by atoms with Crippen LogP contribution in [0.5, 0.6) is 0 Å². The van der Waals surface area contributed by atoms with Crippen LogP contribution in [0.1, 0.15) is 13.3 Å². The molecule has 0 bridgehead atoms. The van der Waals surface area contributed by atoms with Gasteiger partial charge in [0.2, 0.25) is 0 Å². The number of nitrogens with zero attached hydrogens (tertiary/aromatic N) is 1. The molecule has 0 aromatic heterocycles. The number of aliphatic hydroxyl groups is 1. The highest BCUT2D eigenvalue weighted by Gasteiger charge is 2.11. The van der Waals surface area contributed by atoms with E-state index in [9.17, 15) is 8.42 Å². The minimum Gasteiger partial charge on any atom is -0.396 e. The number of sulfone groups is 1. The molecule has 16 heavy (non-hydrogen) atoms. The first kappa shape index (κ1) is 15.8. The zero-order valence-electron chi connectivity index (χ0n) is 10.4. The summed E-state index contributed by atoms with van der Waals surface area (Å²) in [6.45, 7) is 4.30. The van der Waals surface area contributed by atoms with Crippen molar-refractivity contribution < 1.29 is 13.5 Å². The number of hydrogen-bond acceptors (Lipinski definition) is 5. The molecule has 0 amide bonds. The van der Waals surface area contributed by atoms with Crippen LogP contribution in [-0.4, -0.2) is 69.8 Å². The third kappa shape index (κ3) is 9.08. The summed E-state index contributed by atoms with van der Waals surface area (Å²) in [5.74, 6) is 0.182. The number of aliphatic hydroxyl groups excluding tert-OH is 1. The van der Waals surface area contributed by atoms with E-state index in [-0.39, 0.29) is 18.4 Å². The van der Waals surface area contributed by atoms with Crippen LogP contribution in [-0.2, 0) is 9.84 Å². The first-order valence-corrected chi connectivity index (χ1v) is 7.65. The van der Waals surface area contributed by atoms with Gasteiger partial charge >= 0.3 is 0 Å². The Labute approximate surface area is 98.8 Å². The molecule has 0 spiro atoms. The van der Waals surface area contributed by atoms with Crippen molar-refractivity contribution in [3.8, 4) is 0 Å². The van der Waals surface area contributed by atoms with Crippen molar-refractivity contribution in [3.05, 3.63) is 0 Å². The highest BCUT2D eigenvalue weighted by atomic mass is 32.2. The third-order valence-corrected chi connectivity index (χ3v) is 3.27. The molecule has 1 atom stereocenters. The van der Waals surface area contributed by atoms with E-state index in [2.05, 4.69) is 5.32 Å². The minimum atomic E-state index is -2.89. The van der Waals surface area contributed by atoms with Crippen LogP contribution in [0.3, 0.4) is 0 Å². The van der Waals surface area contributed by atoms with Gasteiger partial charge in [0.1, 0.15) is 9.84 Å². The lowest BCUT2D eigenvalue weighted by Crippen LogP contribution is -2.41. The van der Waals surface area contributed by atoms with E-state index in [0.29, 0.717) is 13.0 Å². The standard InChI is InChI=1S/C10H24N2O3S/c1-4-11-10(5-7-13)9-12(2)6-8-16(3,14)15/h10-11,13H,4-9H2,1-3H3. The minimum absolute atomic E-state index is 0.150. The molecule has 0 aliphatic heterocycles. The van der Waals surface area contributed by atoms with Gasteiger partial charge in [0.15, 0.2) is 0 Å². The molecule has 0 heterocycles. The summed E-state index contributed by atoms with van der Waals surface area (Å²) in [6.07, 6.45) is 1.94. The zero-order valence-corrected chi connectivity index (χ0v) is 11.3. The van der Waals surface area contributed by atoms with E-state index in [1.165, 1.54) is 6.26 Å². The van der Waals surface area contributed by atoms with E-state index in [1.54, 1.807) is 0 Å². The van der Waals surface area contributed by atoms with Gasteiger partial charge in [-0.15, -0.1) is 0 Å². The molecule has 0 aromatic carbocycles. The van der Waals surface area contributed by atoms with Gasteiger partial charge in [0.05, 0.1) is 5.75 Å². The maximum absolute atomic E-state index is 11.0. The molecule has 0 fully saturated rings. The summed E-state index contributed by atoms with van der Waals surface area (Å²) in [5.41, 5.74) is 0. The Balaban J connectivity index is 3.94. The Morgan fingerprint density at radius 1 is 1.44 bits per heavy atom. The van der Waals surface area contributed by atoms with Gasteiger partial charge in [0, 0.05) is 32.0 Å². The quantitative estimate of drug-likeness (QED) is 0.569. The second kappa shape index (κ2) is 8.00. The number of likely N-dealkylation sites (N-methyl/N-ethyl adjacent to an activating group) is 2. The number of rotatable bonds is 9. The van der Waals surface area contributed by atoms with E-state index in [0.717, 1.165) is 13.1 Å². The monoisotopic (exact) mass is 252 g/mol. The van der Waals surface area contributed by atoms with Gasteiger partial charge in [-0.1, -0.05) is 6.92 Å². The Morgan fingerprint density at radius 3 is 2.50 bits per heavy atom. The average Bonchev–Trinajstić information content (AvgIpc) is 2.14. The van der Waals surface area contributed by atoms with Crippen LogP contribution in [0.25, 0.3) is 0 Å². The summed E-state index contributed by atoms with van der Waals surface area (Å²) in [7, 11) is -0.995. The van der Waals surface area contributed by atoms with Crippen LogP contribution < -0.4 is 5.32 Å². The molecule has 0 radical (unpaired) electrons. The van der Waals surface area contributed by atoms with Crippen LogP contribution in [0.2, 0.25) is 0 Å². The van der Waals surface area contributed by atoms with E-state index >= 15 is 0 Å². The average molecular weight is 252 g/mol. The van der Waals surface area contributed by atoms with Gasteiger partial charge in [-0.2, -0.15) is 0 Å². The second-order valence-corrected chi connectivity index (χ2v) is 6.42. The molecule has 0 rings (SSSR count). The molecule has 0 aliphatic carbocycles. The molecule has 6 heteroatoms. The van der Waals surface area contributed by atoms with Crippen molar-refractivity contribution in [2.24, 2.45) is 0 Å². The van der Waals surface area contributed by atoms with Gasteiger partial charge in [-0.25, -0.2) is 8.42 Å².